The normalized spacial score (nSPS) is 11.9. The first-order valence-corrected chi connectivity index (χ1v) is 9.75. The molecule has 0 radical (unpaired) electrons. The summed E-state index contributed by atoms with van der Waals surface area (Å²) in [6, 6.07) is 19.2. The SMILES string of the molecule is O=C(Oc1ccc(OCCNCC(O)c2ccc3nnnn3c2)cc1)c1ccccc1. The van der Waals surface area contributed by atoms with Gasteiger partial charge in [0.05, 0.1) is 11.7 Å². The summed E-state index contributed by atoms with van der Waals surface area (Å²) in [5.41, 5.74) is 1.83. The summed E-state index contributed by atoms with van der Waals surface area (Å²) in [5.74, 6) is 0.698. The quantitative estimate of drug-likeness (QED) is 0.241. The Morgan fingerprint density at radius 1 is 1.03 bits per heavy atom. The number of aromatic nitrogens is 4. The highest BCUT2D eigenvalue weighted by atomic mass is 16.5. The van der Waals surface area contributed by atoms with Gasteiger partial charge in [0.25, 0.3) is 0 Å². The van der Waals surface area contributed by atoms with Gasteiger partial charge >= 0.3 is 5.97 Å². The number of carbonyl (C=O) groups excluding carboxylic acids is 1. The van der Waals surface area contributed by atoms with E-state index >= 15 is 0 Å². The van der Waals surface area contributed by atoms with Crippen LogP contribution in [-0.2, 0) is 0 Å². The van der Waals surface area contributed by atoms with Gasteiger partial charge in [-0.1, -0.05) is 24.3 Å². The molecule has 9 nitrogen and oxygen atoms in total. The minimum Gasteiger partial charge on any atom is -0.492 e. The lowest BCUT2D eigenvalue weighted by Crippen LogP contribution is -2.26. The topological polar surface area (TPSA) is 111 Å². The molecule has 0 bridgehead atoms. The lowest BCUT2D eigenvalue weighted by Gasteiger charge is -2.13. The molecule has 4 rings (SSSR count). The predicted molar refractivity (Wildman–Crippen MR) is 112 cm³/mol. The van der Waals surface area contributed by atoms with Crippen molar-refractivity contribution in [1.82, 2.24) is 25.4 Å². The van der Waals surface area contributed by atoms with Crippen molar-refractivity contribution < 1.29 is 19.4 Å². The van der Waals surface area contributed by atoms with Crippen LogP contribution in [0.2, 0.25) is 0 Å². The average Bonchev–Trinajstić information content (AvgIpc) is 3.28. The van der Waals surface area contributed by atoms with Crippen molar-refractivity contribution in [2.45, 2.75) is 6.10 Å². The fourth-order valence-electron chi connectivity index (χ4n) is 2.90. The summed E-state index contributed by atoms with van der Waals surface area (Å²) in [4.78, 5) is 12.1. The molecule has 0 saturated carbocycles. The number of pyridine rings is 1. The molecular formula is C22H21N5O4. The molecule has 0 amide bonds. The third-order valence-corrected chi connectivity index (χ3v) is 4.53. The van der Waals surface area contributed by atoms with E-state index in [9.17, 15) is 9.90 Å². The standard InChI is InChI=1S/C22H21N5O4/c28-20(17-6-11-21-24-25-26-27(21)15-17)14-23-12-13-30-18-7-9-19(10-8-18)31-22(29)16-4-2-1-3-5-16/h1-11,15,20,23,28H,12-14H2. The molecule has 2 aromatic heterocycles. The van der Waals surface area contributed by atoms with Gasteiger partial charge in [0.1, 0.15) is 18.1 Å². The highest BCUT2D eigenvalue weighted by Crippen LogP contribution is 2.19. The Labute approximate surface area is 178 Å². The van der Waals surface area contributed by atoms with Crippen LogP contribution in [0.3, 0.4) is 0 Å². The van der Waals surface area contributed by atoms with Crippen LogP contribution >= 0.6 is 0 Å². The number of tetrazole rings is 1. The average molecular weight is 419 g/mol. The number of carbonyl (C=O) groups is 1. The third-order valence-electron chi connectivity index (χ3n) is 4.53. The molecule has 2 N–H and O–H groups in total. The number of fused-ring (bicyclic) bond motifs is 1. The van der Waals surface area contributed by atoms with E-state index in [2.05, 4.69) is 20.8 Å². The Morgan fingerprint density at radius 2 is 1.81 bits per heavy atom. The fourth-order valence-corrected chi connectivity index (χ4v) is 2.90. The maximum Gasteiger partial charge on any atom is 0.343 e. The van der Waals surface area contributed by atoms with E-state index in [1.54, 1.807) is 66.9 Å². The van der Waals surface area contributed by atoms with Crippen LogP contribution in [0, 0.1) is 0 Å². The minimum absolute atomic E-state index is 0.366. The van der Waals surface area contributed by atoms with E-state index in [0.717, 1.165) is 0 Å². The molecule has 0 aliphatic heterocycles. The number of ether oxygens (including phenoxy) is 2. The van der Waals surface area contributed by atoms with Gasteiger partial charge < -0.3 is 19.9 Å². The molecule has 0 aliphatic rings. The molecule has 2 heterocycles. The highest BCUT2D eigenvalue weighted by molar-refractivity contribution is 5.90. The Balaban J connectivity index is 1.18. The number of rotatable bonds is 9. The van der Waals surface area contributed by atoms with E-state index in [-0.39, 0.29) is 0 Å². The van der Waals surface area contributed by atoms with Gasteiger partial charge in [-0.15, -0.1) is 5.10 Å². The molecular weight excluding hydrogens is 398 g/mol. The van der Waals surface area contributed by atoms with Crippen molar-refractivity contribution >= 4 is 11.6 Å². The van der Waals surface area contributed by atoms with Crippen molar-refractivity contribution in [2.75, 3.05) is 19.7 Å². The molecule has 9 heteroatoms. The van der Waals surface area contributed by atoms with Crippen molar-refractivity contribution in [3.63, 3.8) is 0 Å². The second-order valence-corrected chi connectivity index (χ2v) is 6.74. The number of nitrogens with one attached hydrogen (secondary N) is 1. The number of esters is 1. The number of nitrogens with zero attached hydrogens (tertiary/aromatic N) is 4. The molecule has 0 spiro atoms. The number of hydrogen-bond acceptors (Lipinski definition) is 8. The highest BCUT2D eigenvalue weighted by Gasteiger charge is 2.10. The third kappa shape index (κ3) is 5.41. The van der Waals surface area contributed by atoms with Crippen LogP contribution in [0.1, 0.15) is 22.0 Å². The summed E-state index contributed by atoms with van der Waals surface area (Å²) in [7, 11) is 0. The van der Waals surface area contributed by atoms with Crippen LogP contribution < -0.4 is 14.8 Å². The molecule has 0 fully saturated rings. The number of hydrogen-bond donors (Lipinski definition) is 2. The second kappa shape index (κ2) is 9.79. The van der Waals surface area contributed by atoms with Crippen molar-refractivity contribution in [3.8, 4) is 11.5 Å². The van der Waals surface area contributed by atoms with Gasteiger partial charge in [0, 0.05) is 24.8 Å². The largest absolute Gasteiger partial charge is 0.492 e. The smallest absolute Gasteiger partial charge is 0.343 e. The van der Waals surface area contributed by atoms with Crippen LogP contribution in [-0.4, -0.2) is 50.8 Å². The zero-order valence-electron chi connectivity index (χ0n) is 16.6. The summed E-state index contributed by atoms with van der Waals surface area (Å²) < 4.78 is 12.5. The van der Waals surface area contributed by atoms with Crippen molar-refractivity contribution in [2.24, 2.45) is 0 Å². The van der Waals surface area contributed by atoms with Crippen LogP contribution in [0.15, 0.2) is 72.9 Å². The van der Waals surface area contributed by atoms with E-state index in [1.807, 2.05) is 6.07 Å². The molecule has 31 heavy (non-hydrogen) atoms. The molecule has 0 aliphatic carbocycles. The van der Waals surface area contributed by atoms with Crippen molar-refractivity contribution in [1.29, 1.82) is 0 Å². The molecule has 1 unspecified atom stereocenters. The molecule has 1 atom stereocenters. The lowest BCUT2D eigenvalue weighted by atomic mass is 10.1. The molecule has 158 valence electrons. The first kappa shape index (κ1) is 20.5. The molecule has 2 aromatic carbocycles. The second-order valence-electron chi connectivity index (χ2n) is 6.74. The first-order valence-electron chi connectivity index (χ1n) is 9.75. The van der Waals surface area contributed by atoms with E-state index in [1.165, 1.54) is 4.52 Å². The fraction of sp³-hybridized carbons (Fsp3) is 0.182. The van der Waals surface area contributed by atoms with Gasteiger partial charge in [-0.25, -0.2) is 9.31 Å². The van der Waals surface area contributed by atoms with Gasteiger partial charge in [-0.2, -0.15) is 0 Å². The van der Waals surface area contributed by atoms with E-state index in [4.69, 9.17) is 9.47 Å². The summed E-state index contributed by atoms with van der Waals surface area (Å²) in [6.45, 7) is 1.34. The number of aliphatic hydroxyl groups excluding tert-OH is 1. The van der Waals surface area contributed by atoms with Gasteiger partial charge in [-0.05, 0) is 52.9 Å². The Morgan fingerprint density at radius 3 is 2.61 bits per heavy atom. The minimum atomic E-state index is -0.688. The predicted octanol–water partition coefficient (Wildman–Crippen LogP) is 2.05. The molecule has 0 saturated heterocycles. The van der Waals surface area contributed by atoms with Crippen LogP contribution in [0.4, 0.5) is 0 Å². The summed E-state index contributed by atoms with van der Waals surface area (Å²) in [5, 5.41) is 24.7. The Kier molecular flexibility index (Phi) is 6.46. The summed E-state index contributed by atoms with van der Waals surface area (Å²) >= 11 is 0. The molecule has 4 aromatic rings. The maximum absolute atomic E-state index is 12.1. The number of benzene rings is 2. The van der Waals surface area contributed by atoms with Gasteiger partial charge in [0.15, 0.2) is 5.65 Å². The van der Waals surface area contributed by atoms with Gasteiger partial charge in [-0.3, -0.25) is 0 Å². The summed E-state index contributed by atoms with van der Waals surface area (Å²) in [6.07, 6.45) is 1.01. The Bertz CT molecular complexity index is 1130. The monoisotopic (exact) mass is 419 g/mol. The van der Waals surface area contributed by atoms with E-state index < -0.39 is 12.1 Å². The number of aliphatic hydroxyl groups is 1. The van der Waals surface area contributed by atoms with Gasteiger partial charge in [0.2, 0.25) is 0 Å². The van der Waals surface area contributed by atoms with Crippen molar-refractivity contribution in [3.05, 3.63) is 84.1 Å². The first-order chi connectivity index (χ1) is 15.2. The zero-order valence-corrected chi connectivity index (χ0v) is 16.6. The lowest BCUT2D eigenvalue weighted by molar-refractivity contribution is 0.0734. The van der Waals surface area contributed by atoms with Crippen LogP contribution in [0.25, 0.3) is 5.65 Å². The van der Waals surface area contributed by atoms with E-state index in [0.29, 0.717) is 48.0 Å². The zero-order chi connectivity index (χ0) is 21.5. The maximum atomic E-state index is 12.1. The van der Waals surface area contributed by atoms with Crippen LogP contribution in [0.5, 0.6) is 11.5 Å². The Hall–Kier alpha value is -3.82.